The molecule has 1 saturated carbocycles. The van der Waals surface area contributed by atoms with Crippen molar-refractivity contribution in [1.29, 1.82) is 0 Å². The highest BCUT2D eigenvalue weighted by Crippen LogP contribution is 2.27. The molecule has 0 aromatic heterocycles. The summed E-state index contributed by atoms with van der Waals surface area (Å²) in [6.07, 6.45) is 5.53. The molecule has 1 aliphatic rings. The smallest absolute Gasteiger partial charge is 0.215 e. The van der Waals surface area contributed by atoms with Crippen LogP contribution in [0.1, 0.15) is 59.8 Å². The first-order valence-corrected chi connectivity index (χ1v) is 9.14. The normalized spacial score (nSPS) is 26.6. The van der Waals surface area contributed by atoms with Gasteiger partial charge in [-0.25, -0.2) is 13.1 Å². The lowest BCUT2D eigenvalue weighted by molar-refractivity contribution is 0.300. The molecule has 19 heavy (non-hydrogen) atoms. The van der Waals surface area contributed by atoms with Crippen molar-refractivity contribution in [1.82, 2.24) is 10.0 Å². The molecule has 0 heterocycles. The average molecular weight is 290 g/mol. The zero-order valence-electron chi connectivity index (χ0n) is 12.8. The molecule has 1 aliphatic carbocycles. The summed E-state index contributed by atoms with van der Waals surface area (Å²) in [6.45, 7) is 8.53. The Morgan fingerprint density at radius 1 is 1.21 bits per heavy atom. The molecule has 1 rings (SSSR count). The van der Waals surface area contributed by atoms with E-state index in [9.17, 15) is 8.42 Å². The molecule has 1 fully saturated rings. The van der Waals surface area contributed by atoms with E-state index in [1.807, 2.05) is 13.8 Å². The van der Waals surface area contributed by atoms with E-state index >= 15 is 0 Å². The third kappa shape index (κ3) is 5.79. The molecule has 0 aromatic rings. The minimum atomic E-state index is -3.20. The fraction of sp³-hybridized carbons (Fsp3) is 1.00. The SMILES string of the molecule is CCC1CCCC(NS(=O)(=O)C(C)CNC(C)C)C1. The van der Waals surface area contributed by atoms with Crippen LogP contribution in [-0.2, 0) is 10.0 Å². The molecule has 0 aliphatic heterocycles. The van der Waals surface area contributed by atoms with Crippen LogP contribution < -0.4 is 10.0 Å². The van der Waals surface area contributed by atoms with Gasteiger partial charge >= 0.3 is 0 Å². The van der Waals surface area contributed by atoms with Crippen molar-refractivity contribution in [3.63, 3.8) is 0 Å². The molecule has 0 aromatic carbocycles. The Morgan fingerprint density at radius 3 is 2.47 bits per heavy atom. The van der Waals surface area contributed by atoms with Crippen molar-refractivity contribution in [2.45, 2.75) is 77.1 Å². The predicted molar refractivity (Wildman–Crippen MR) is 80.7 cm³/mol. The Bertz CT molecular complexity index is 354. The molecule has 0 bridgehead atoms. The summed E-state index contributed by atoms with van der Waals surface area (Å²) in [5.41, 5.74) is 0. The van der Waals surface area contributed by atoms with Crippen molar-refractivity contribution in [2.24, 2.45) is 5.92 Å². The van der Waals surface area contributed by atoms with Crippen LogP contribution in [0.5, 0.6) is 0 Å². The lowest BCUT2D eigenvalue weighted by Crippen LogP contribution is -2.46. The van der Waals surface area contributed by atoms with E-state index in [2.05, 4.69) is 17.0 Å². The molecule has 0 saturated heterocycles. The first kappa shape index (κ1) is 16.9. The van der Waals surface area contributed by atoms with E-state index < -0.39 is 10.0 Å². The van der Waals surface area contributed by atoms with E-state index in [1.165, 1.54) is 6.42 Å². The van der Waals surface area contributed by atoms with Gasteiger partial charge in [-0.1, -0.05) is 40.0 Å². The van der Waals surface area contributed by atoms with Crippen LogP contribution >= 0.6 is 0 Å². The fourth-order valence-corrected chi connectivity index (χ4v) is 3.86. The Labute approximate surface area is 118 Å². The topological polar surface area (TPSA) is 58.2 Å². The van der Waals surface area contributed by atoms with Gasteiger partial charge in [0, 0.05) is 18.6 Å². The average Bonchev–Trinajstić information content (AvgIpc) is 2.35. The molecule has 3 unspecified atom stereocenters. The summed E-state index contributed by atoms with van der Waals surface area (Å²) in [5.74, 6) is 0.686. The second-order valence-electron chi connectivity index (χ2n) is 6.17. The molecular formula is C14H30N2O2S. The third-order valence-corrected chi connectivity index (χ3v) is 5.92. The molecule has 4 nitrogen and oxygen atoms in total. The van der Waals surface area contributed by atoms with E-state index in [0.29, 0.717) is 18.5 Å². The Hall–Kier alpha value is -0.130. The molecule has 0 spiro atoms. The zero-order valence-corrected chi connectivity index (χ0v) is 13.6. The van der Waals surface area contributed by atoms with Crippen molar-refractivity contribution in [3.05, 3.63) is 0 Å². The van der Waals surface area contributed by atoms with Crippen LogP contribution in [0.15, 0.2) is 0 Å². The summed E-state index contributed by atoms with van der Waals surface area (Å²) in [6, 6.07) is 0.460. The van der Waals surface area contributed by atoms with Gasteiger partial charge in [-0.3, -0.25) is 0 Å². The largest absolute Gasteiger partial charge is 0.313 e. The van der Waals surface area contributed by atoms with Crippen LogP contribution in [0.4, 0.5) is 0 Å². The second-order valence-corrected chi connectivity index (χ2v) is 8.30. The number of nitrogens with one attached hydrogen (secondary N) is 2. The first-order valence-electron chi connectivity index (χ1n) is 7.59. The van der Waals surface area contributed by atoms with E-state index in [0.717, 1.165) is 25.7 Å². The highest BCUT2D eigenvalue weighted by atomic mass is 32.2. The van der Waals surface area contributed by atoms with Crippen LogP contribution in [0.3, 0.4) is 0 Å². The molecule has 5 heteroatoms. The molecule has 0 radical (unpaired) electrons. The van der Waals surface area contributed by atoms with Crippen molar-refractivity contribution in [2.75, 3.05) is 6.54 Å². The third-order valence-electron chi connectivity index (χ3n) is 4.03. The van der Waals surface area contributed by atoms with Crippen LogP contribution in [0.25, 0.3) is 0 Å². The molecule has 114 valence electrons. The fourth-order valence-electron chi connectivity index (χ4n) is 2.63. The summed E-state index contributed by atoms with van der Waals surface area (Å²) in [5, 5.41) is 2.81. The predicted octanol–water partition coefficient (Wildman–Crippen LogP) is 2.26. The number of hydrogen-bond donors (Lipinski definition) is 2. The minimum Gasteiger partial charge on any atom is -0.313 e. The Balaban J connectivity index is 2.49. The van der Waals surface area contributed by atoms with Gasteiger partial charge in [0.15, 0.2) is 0 Å². The first-order chi connectivity index (χ1) is 8.85. The summed E-state index contributed by atoms with van der Waals surface area (Å²) < 4.78 is 27.4. The lowest BCUT2D eigenvalue weighted by Gasteiger charge is -2.30. The zero-order chi connectivity index (χ0) is 14.5. The van der Waals surface area contributed by atoms with Crippen molar-refractivity contribution < 1.29 is 8.42 Å². The van der Waals surface area contributed by atoms with Gasteiger partial charge in [0.1, 0.15) is 0 Å². The number of rotatable bonds is 7. The molecule has 0 amide bonds. The van der Waals surface area contributed by atoms with Gasteiger partial charge in [0.25, 0.3) is 0 Å². The van der Waals surface area contributed by atoms with Crippen molar-refractivity contribution >= 4 is 10.0 Å². The highest BCUT2D eigenvalue weighted by Gasteiger charge is 2.28. The highest BCUT2D eigenvalue weighted by molar-refractivity contribution is 7.90. The van der Waals surface area contributed by atoms with E-state index in [4.69, 9.17) is 0 Å². The lowest BCUT2D eigenvalue weighted by atomic mass is 9.85. The van der Waals surface area contributed by atoms with Gasteiger partial charge in [-0.05, 0) is 25.7 Å². The summed E-state index contributed by atoms with van der Waals surface area (Å²) in [4.78, 5) is 0. The standard InChI is InChI=1S/C14H30N2O2S/c1-5-13-7-6-8-14(9-13)16-19(17,18)12(4)10-15-11(2)3/h11-16H,5-10H2,1-4H3. The van der Waals surface area contributed by atoms with E-state index in [1.54, 1.807) is 6.92 Å². The van der Waals surface area contributed by atoms with Gasteiger partial charge in [-0.15, -0.1) is 0 Å². The summed E-state index contributed by atoms with van der Waals surface area (Å²) in [7, 11) is -3.20. The van der Waals surface area contributed by atoms with Gasteiger partial charge in [-0.2, -0.15) is 0 Å². The van der Waals surface area contributed by atoms with E-state index in [-0.39, 0.29) is 11.3 Å². The van der Waals surface area contributed by atoms with Crippen molar-refractivity contribution in [3.8, 4) is 0 Å². The minimum absolute atomic E-state index is 0.144. The second kappa shape index (κ2) is 7.60. The quantitative estimate of drug-likeness (QED) is 0.756. The van der Waals surface area contributed by atoms with Crippen LogP contribution in [0.2, 0.25) is 0 Å². The van der Waals surface area contributed by atoms with Gasteiger partial charge in [0.2, 0.25) is 10.0 Å². The Morgan fingerprint density at radius 2 is 1.89 bits per heavy atom. The molecular weight excluding hydrogens is 260 g/mol. The Kier molecular flexibility index (Phi) is 6.77. The maximum atomic E-state index is 12.3. The maximum Gasteiger partial charge on any atom is 0.215 e. The maximum absolute atomic E-state index is 12.3. The molecule has 2 N–H and O–H groups in total. The molecule has 3 atom stereocenters. The van der Waals surface area contributed by atoms with Crippen LogP contribution in [0, 0.1) is 5.92 Å². The van der Waals surface area contributed by atoms with Gasteiger partial charge in [0.05, 0.1) is 5.25 Å². The van der Waals surface area contributed by atoms with Crippen LogP contribution in [-0.4, -0.2) is 32.3 Å². The summed E-state index contributed by atoms with van der Waals surface area (Å²) >= 11 is 0. The van der Waals surface area contributed by atoms with Gasteiger partial charge < -0.3 is 5.32 Å². The number of hydrogen-bond acceptors (Lipinski definition) is 3. The number of sulfonamides is 1. The monoisotopic (exact) mass is 290 g/mol.